The monoisotopic (exact) mass is 589 g/mol. The maximum atomic E-state index is 14.8. The van der Waals surface area contributed by atoms with Gasteiger partial charge in [0.25, 0.3) is 0 Å². The molecule has 1 aromatic carbocycles. The molecule has 0 saturated heterocycles. The van der Waals surface area contributed by atoms with Crippen LogP contribution in [0, 0.1) is 18.7 Å². The molecular formula is C27H25BrFN9O. The van der Waals surface area contributed by atoms with Crippen LogP contribution < -0.4 is 5.32 Å². The Balaban J connectivity index is 1.10. The molecule has 1 aliphatic carbocycles. The Hall–Kier alpha value is -3.93. The fraction of sp³-hybridized carbons (Fsp3) is 0.333. The lowest BCUT2D eigenvalue weighted by molar-refractivity contribution is -0.136. The first kappa shape index (κ1) is 24.1. The second-order valence-electron chi connectivity index (χ2n) is 10.2. The molecule has 5 aromatic rings. The molecule has 1 N–H and O–H groups in total. The summed E-state index contributed by atoms with van der Waals surface area (Å²) in [5.74, 6) is 1.13. The molecule has 7 rings (SSSR count). The van der Waals surface area contributed by atoms with Crippen molar-refractivity contribution in [2.45, 2.75) is 45.3 Å². The highest BCUT2D eigenvalue weighted by Gasteiger charge is 2.34. The smallest absolute Gasteiger partial charge is 0.226 e. The van der Waals surface area contributed by atoms with Gasteiger partial charge in [-0.1, -0.05) is 6.07 Å². The van der Waals surface area contributed by atoms with Crippen LogP contribution in [0.3, 0.4) is 0 Å². The average Bonchev–Trinajstić information content (AvgIpc) is 3.64. The van der Waals surface area contributed by atoms with Crippen molar-refractivity contribution in [2.75, 3.05) is 11.9 Å². The van der Waals surface area contributed by atoms with E-state index in [-0.39, 0.29) is 17.9 Å². The van der Waals surface area contributed by atoms with Gasteiger partial charge in [-0.3, -0.25) is 9.78 Å². The number of hydrogen-bond donors (Lipinski definition) is 1. The minimum absolute atomic E-state index is 0.0392. The lowest BCUT2D eigenvalue weighted by Crippen LogP contribution is -2.41. The zero-order chi connectivity index (χ0) is 26.7. The number of carbonyl (C=O) groups excluding carboxylic acids is 1. The number of aromatic nitrogens is 7. The van der Waals surface area contributed by atoms with Gasteiger partial charge in [-0.05, 0) is 54.2 Å². The Morgan fingerprint density at radius 1 is 1.18 bits per heavy atom. The van der Waals surface area contributed by atoms with E-state index in [1.165, 1.54) is 6.07 Å². The van der Waals surface area contributed by atoms with Gasteiger partial charge in [0.2, 0.25) is 11.9 Å². The topological polar surface area (TPSA) is 107 Å². The van der Waals surface area contributed by atoms with Gasteiger partial charge in [0.05, 0.1) is 23.3 Å². The molecule has 1 saturated carbocycles. The van der Waals surface area contributed by atoms with E-state index in [0.717, 1.165) is 37.3 Å². The number of rotatable bonds is 4. The molecule has 39 heavy (non-hydrogen) atoms. The van der Waals surface area contributed by atoms with Crippen LogP contribution in [0.5, 0.6) is 0 Å². The largest absolute Gasteiger partial charge is 0.351 e. The van der Waals surface area contributed by atoms with Crippen LogP contribution in [0.25, 0.3) is 27.6 Å². The van der Waals surface area contributed by atoms with Crippen molar-refractivity contribution in [1.29, 1.82) is 0 Å². The Kier molecular flexibility index (Phi) is 5.80. The summed E-state index contributed by atoms with van der Waals surface area (Å²) < 4.78 is 19.1. The molecule has 198 valence electrons. The Bertz CT molecular complexity index is 1750. The third-order valence-electron chi connectivity index (χ3n) is 7.62. The standard InChI is InChI=1S/C27H25BrFN9O/c1-15-13-36-7-8-37(14-22(36)32-15)26(39)17-4-5-18(9-17)33-27-31-12-20-24(28)35-38(25(20)34-27)19-10-16-3-2-6-30-23(16)21(29)11-19/h2-3,6,10-13,17-18H,4-5,7-9,14H2,1H3,(H,31,33,34)/t17-,18-/m1/s1. The first-order chi connectivity index (χ1) is 18.9. The Labute approximate surface area is 231 Å². The molecule has 12 heteroatoms. The fourth-order valence-corrected chi connectivity index (χ4v) is 6.17. The molecule has 1 fully saturated rings. The molecule has 10 nitrogen and oxygen atoms in total. The summed E-state index contributed by atoms with van der Waals surface area (Å²) in [6.07, 6.45) is 7.70. The molecule has 2 aliphatic rings. The SMILES string of the molecule is Cc1cn2c(n1)CN(C(=O)[C@@H]1CC[C@@H](Nc3ncc4c(Br)nn(-c5cc(F)c6ncccc6c5)c4n3)C1)CC2. The number of imidazole rings is 1. The lowest BCUT2D eigenvalue weighted by atomic mass is 10.1. The van der Waals surface area contributed by atoms with Gasteiger partial charge in [0, 0.05) is 55.1 Å². The van der Waals surface area contributed by atoms with Crippen molar-refractivity contribution in [3.8, 4) is 5.69 Å². The first-order valence-electron chi connectivity index (χ1n) is 13.0. The van der Waals surface area contributed by atoms with Crippen LogP contribution in [-0.2, 0) is 17.9 Å². The number of fused-ring (bicyclic) bond motifs is 3. The van der Waals surface area contributed by atoms with E-state index in [1.54, 1.807) is 23.1 Å². The minimum atomic E-state index is -0.426. The number of carbonyl (C=O) groups is 1. The van der Waals surface area contributed by atoms with Gasteiger partial charge >= 0.3 is 0 Å². The van der Waals surface area contributed by atoms with Crippen molar-refractivity contribution < 1.29 is 9.18 Å². The normalized spacial score (nSPS) is 19.1. The van der Waals surface area contributed by atoms with Crippen LogP contribution in [-0.4, -0.2) is 57.7 Å². The predicted octanol–water partition coefficient (Wildman–Crippen LogP) is 4.39. The molecule has 1 aliphatic heterocycles. The third kappa shape index (κ3) is 4.32. The number of benzene rings is 1. The molecule has 2 atom stereocenters. The number of pyridine rings is 1. The molecule has 4 aromatic heterocycles. The molecule has 1 amide bonds. The van der Waals surface area contributed by atoms with E-state index in [2.05, 4.69) is 45.9 Å². The van der Waals surface area contributed by atoms with Gasteiger partial charge in [-0.15, -0.1) is 0 Å². The highest BCUT2D eigenvalue weighted by molar-refractivity contribution is 9.10. The molecular weight excluding hydrogens is 565 g/mol. The summed E-state index contributed by atoms with van der Waals surface area (Å²) in [4.78, 5) is 33.2. The minimum Gasteiger partial charge on any atom is -0.351 e. The zero-order valence-corrected chi connectivity index (χ0v) is 22.8. The van der Waals surface area contributed by atoms with Crippen molar-refractivity contribution >= 4 is 49.7 Å². The lowest BCUT2D eigenvalue weighted by Gasteiger charge is -2.29. The number of anilines is 1. The molecule has 0 radical (unpaired) electrons. The van der Waals surface area contributed by atoms with Crippen LogP contribution in [0.1, 0.15) is 30.8 Å². The predicted molar refractivity (Wildman–Crippen MR) is 147 cm³/mol. The van der Waals surface area contributed by atoms with Gasteiger partial charge in [-0.2, -0.15) is 10.1 Å². The number of nitrogens with one attached hydrogen (secondary N) is 1. The quantitative estimate of drug-likeness (QED) is 0.331. The molecule has 5 heterocycles. The molecule has 0 spiro atoms. The first-order valence-corrected chi connectivity index (χ1v) is 13.8. The van der Waals surface area contributed by atoms with E-state index >= 15 is 0 Å². The van der Waals surface area contributed by atoms with Crippen LogP contribution in [0.15, 0.2) is 47.5 Å². The summed E-state index contributed by atoms with van der Waals surface area (Å²) in [5, 5.41) is 9.35. The van der Waals surface area contributed by atoms with Crippen LogP contribution in [0.4, 0.5) is 10.3 Å². The highest BCUT2D eigenvalue weighted by Crippen LogP contribution is 2.32. The van der Waals surface area contributed by atoms with E-state index in [9.17, 15) is 9.18 Å². The number of halogens is 2. The van der Waals surface area contributed by atoms with Gasteiger partial charge in [-0.25, -0.2) is 19.0 Å². The van der Waals surface area contributed by atoms with E-state index in [1.807, 2.05) is 30.2 Å². The van der Waals surface area contributed by atoms with E-state index in [4.69, 9.17) is 4.98 Å². The third-order valence-corrected chi connectivity index (χ3v) is 8.20. The van der Waals surface area contributed by atoms with E-state index < -0.39 is 5.82 Å². The van der Waals surface area contributed by atoms with Gasteiger partial charge in [0.15, 0.2) is 11.5 Å². The maximum absolute atomic E-state index is 14.8. The fourth-order valence-electron chi connectivity index (χ4n) is 5.73. The van der Waals surface area contributed by atoms with Gasteiger partial charge < -0.3 is 14.8 Å². The maximum Gasteiger partial charge on any atom is 0.226 e. The number of hydrogen-bond acceptors (Lipinski definition) is 7. The average molecular weight is 590 g/mol. The van der Waals surface area contributed by atoms with Crippen LogP contribution >= 0.6 is 15.9 Å². The summed E-state index contributed by atoms with van der Waals surface area (Å²) in [7, 11) is 0. The van der Waals surface area contributed by atoms with Crippen molar-refractivity contribution in [1.82, 2.24) is 39.2 Å². The number of nitrogens with zero attached hydrogens (tertiary/aromatic N) is 8. The van der Waals surface area contributed by atoms with Crippen molar-refractivity contribution in [3.05, 3.63) is 64.8 Å². The van der Waals surface area contributed by atoms with Crippen molar-refractivity contribution in [3.63, 3.8) is 0 Å². The number of aryl methyl sites for hydroxylation is 1. The van der Waals surface area contributed by atoms with E-state index in [0.29, 0.717) is 51.3 Å². The summed E-state index contributed by atoms with van der Waals surface area (Å²) in [6.45, 7) is 4.03. The highest BCUT2D eigenvalue weighted by atomic mass is 79.9. The van der Waals surface area contributed by atoms with Gasteiger partial charge in [0.1, 0.15) is 15.9 Å². The summed E-state index contributed by atoms with van der Waals surface area (Å²) >= 11 is 3.48. The summed E-state index contributed by atoms with van der Waals surface area (Å²) in [6, 6.07) is 6.91. The zero-order valence-electron chi connectivity index (χ0n) is 21.2. The Morgan fingerprint density at radius 2 is 2.08 bits per heavy atom. The second-order valence-corrected chi connectivity index (χ2v) is 11.0. The van der Waals surface area contributed by atoms with Crippen LogP contribution in [0.2, 0.25) is 0 Å². The molecule has 0 bridgehead atoms. The van der Waals surface area contributed by atoms with Crippen molar-refractivity contribution in [2.24, 2.45) is 5.92 Å². The molecule has 0 unspecified atom stereocenters. The Morgan fingerprint density at radius 3 is 2.97 bits per heavy atom. The number of amides is 1. The second kappa shape index (κ2) is 9.37. The summed E-state index contributed by atoms with van der Waals surface area (Å²) in [5.41, 5.74) is 2.38.